The van der Waals surface area contributed by atoms with Gasteiger partial charge in [0.25, 0.3) is 5.91 Å². The lowest BCUT2D eigenvalue weighted by atomic mass is 10.2. The molecule has 0 saturated carbocycles. The molecule has 0 bridgehead atoms. The fourth-order valence-electron chi connectivity index (χ4n) is 1.74. The van der Waals surface area contributed by atoms with Crippen LogP contribution in [0.3, 0.4) is 0 Å². The van der Waals surface area contributed by atoms with Gasteiger partial charge < -0.3 is 15.4 Å². The Bertz CT molecular complexity index is 462. The molecule has 1 amide bonds. The summed E-state index contributed by atoms with van der Waals surface area (Å²) in [6.07, 6.45) is -3.95. The van der Waals surface area contributed by atoms with Gasteiger partial charge in [0.2, 0.25) is 0 Å². The molecule has 1 fully saturated rings. The van der Waals surface area contributed by atoms with Crippen LogP contribution in [0.5, 0.6) is 0 Å². The average Bonchev–Trinajstić information content (AvgIpc) is 2.45. The van der Waals surface area contributed by atoms with Crippen molar-refractivity contribution in [3.05, 3.63) is 29.6 Å². The fraction of sp³-hybridized carbons (Fsp3) is 0.500. The molecular weight excluding hydrogens is 311 g/mol. The van der Waals surface area contributed by atoms with E-state index in [9.17, 15) is 18.0 Å². The quantitative estimate of drug-likeness (QED) is 0.878. The number of carbonyl (C=O) groups excluding carboxylic acids is 1. The summed E-state index contributed by atoms with van der Waals surface area (Å²) in [7, 11) is 0. The topological polar surface area (TPSA) is 63.2 Å². The number of hydrogen-bond donors (Lipinski definition) is 2. The van der Waals surface area contributed by atoms with Crippen LogP contribution in [0, 0.1) is 0 Å². The van der Waals surface area contributed by atoms with Gasteiger partial charge in [-0.05, 0) is 12.1 Å². The van der Waals surface area contributed by atoms with Gasteiger partial charge in [-0.2, -0.15) is 13.2 Å². The second kappa shape index (κ2) is 7.58. The van der Waals surface area contributed by atoms with Crippen LogP contribution < -0.4 is 10.6 Å². The average molecular weight is 326 g/mol. The van der Waals surface area contributed by atoms with Gasteiger partial charge >= 0.3 is 6.18 Å². The largest absolute Gasteiger partial charge is 0.417 e. The minimum absolute atomic E-state index is 0. The van der Waals surface area contributed by atoms with E-state index in [1.54, 1.807) is 0 Å². The molecular formula is C12H15ClF3N3O2. The summed E-state index contributed by atoms with van der Waals surface area (Å²) in [5.74, 6) is -0.520. The molecule has 0 aliphatic carbocycles. The Hall–Kier alpha value is -1.38. The number of amides is 1. The van der Waals surface area contributed by atoms with Crippen molar-refractivity contribution in [1.29, 1.82) is 0 Å². The first kappa shape index (κ1) is 17.7. The number of halogens is 4. The zero-order valence-electron chi connectivity index (χ0n) is 10.9. The van der Waals surface area contributed by atoms with Gasteiger partial charge in [0.1, 0.15) is 5.69 Å². The van der Waals surface area contributed by atoms with Crippen molar-refractivity contribution in [1.82, 2.24) is 15.6 Å². The maximum atomic E-state index is 12.3. The molecule has 0 radical (unpaired) electrons. The first-order chi connectivity index (χ1) is 9.47. The van der Waals surface area contributed by atoms with Crippen LogP contribution in [0.2, 0.25) is 0 Å². The molecule has 2 N–H and O–H groups in total. The molecule has 0 aromatic carbocycles. The number of rotatable bonds is 3. The SMILES string of the molecule is Cl.O=C(NCC1CNCCO1)c1ccc(C(F)(F)F)cn1. The molecule has 2 rings (SSSR count). The van der Waals surface area contributed by atoms with E-state index in [0.29, 0.717) is 19.3 Å². The zero-order valence-corrected chi connectivity index (χ0v) is 11.8. The van der Waals surface area contributed by atoms with Crippen LogP contribution >= 0.6 is 12.4 Å². The van der Waals surface area contributed by atoms with Crippen LogP contribution in [0.25, 0.3) is 0 Å². The Morgan fingerprint density at radius 1 is 1.48 bits per heavy atom. The Labute approximate surface area is 125 Å². The molecule has 2 heterocycles. The minimum Gasteiger partial charge on any atom is -0.374 e. The highest BCUT2D eigenvalue weighted by Gasteiger charge is 2.30. The van der Waals surface area contributed by atoms with E-state index < -0.39 is 17.6 Å². The number of morpholine rings is 1. The summed E-state index contributed by atoms with van der Waals surface area (Å²) in [5, 5.41) is 5.68. The van der Waals surface area contributed by atoms with Crippen molar-refractivity contribution < 1.29 is 22.7 Å². The summed E-state index contributed by atoms with van der Waals surface area (Å²) >= 11 is 0. The third kappa shape index (κ3) is 5.14. The third-order valence-electron chi connectivity index (χ3n) is 2.82. The minimum atomic E-state index is -4.45. The highest BCUT2D eigenvalue weighted by atomic mass is 35.5. The molecule has 1 aromatic rings. The normalized spacial score (nSPS) is 18.7. The smallest absolute Gasteiger partial charge is 0.374 e. The van der Waals surface area contributed by atoms with E-state index >= 15 is 0 Å². The standard InChI is InChI=1S/C12H14F3N3O2.ClH/c13-12(14,15)8-1-2-10(17-5-8)11(19)18-7-9-6-16-3-4-20-9;/h1-2,5,9,16H,3-4,6-7H2,(H,18,19);1H. The lowest BCUT2D eigenvalue weighted by molar-refractivity contribution is -0.137. The molecule has 1 unspecified atom stereocenters. The van der Waals surface area contributed by atoms with Gasteiger partial charge in [-0.25, -0.2) is 0 Å². The highest BCUT2D eigenvalue weighted by Crippen LogP contribution is 2.28. The van der Waals surface area contributed by atoms with Crippen molar-refractivity contribution in [3.8, 4) is 0 Å². The van der Waals surface area contributed by atoms with Crippen LogP contribution in [0.4, 0.5) is 13.2 Å². The lowest BCUT2D eigenvalue weighted by Crippen LogP contribution is -2.45. The first-order valence-corrected chi connectivity index (χ1v) is 6.10. The van der Waals surface area contributed by atoms with Gasteiger partial charge in [-0.15, -0.1) is 12.4 Å². The van der Waals surface area contributed by atoms with Crippen molar-refractivity contribution >= 4 is 18.3 Å². The predicted molar refractivity (Wildman–Crippen MR) is 71.4 cm³/mol. The number of pyridine rings is 1. The number of carbonyl (C=O) groups is 1. The van der Waals surface area contributed by atoms with Crippen LogP contribution in [-0.2, 0) is 10.9 Å². The summed E-state index contributed by atoms with van der Waals surface area (Å²) in [5.41, 5.74) is -0.935. The Morgan fingerprint density at radius 3 is 2.76 bits per heavy atom. The fourth-order valence-corrected chi connectivity index (χ4v) is 1.74. The van der Waals surface area contributed by atoms with Gasteiger partial charge in [-0.1, -0.05) is 0 Å². The van der Waals surface area contributed by atoms with Crippen molar-refractivity contribution in [2.75, 3.05) is 26.2 Å². The van der Waals surface area contributed by atoms with Crippen LogP contribution in [-0.4, -0.2) is 43.2 Å². The molecule has 1 aliphatic rings. The Kier molecular flexibility index (Phi) is 6.38. The van der Waals surface area contributed by atoms with E-state index in [-0.39, 0.29) is 30.7 Å². The maximum absolute atomic E-state index is 12.3. The second-order valence-electron chi connectivity index (χ2n) is 4.34. The summed E-state index contributed by atoms with van der Waals surface area (Å²) in [6.45, 7) is 2.25. The zero-order chi connectivity index (χ0) is 14.6. The van der Waals surface area contributed by atoms with E-state index in [2.05, 4.69) is 15.6 Å². The number of nitrogens with zero attached hydrogens (tertiary/aromatic N) is 1. The maximum Gasteiger partial charge on any atom is 0.417 e. The van der Waals surface area contributed by atoms with Crippen molar-refractivity contribution in [3.63, 3.8) is 0 Å². The summed E-state index contributed by atoms with van der Waals surface area (Å²) in [4.78, 5) is 15.2. The molecule has 1 saturated heterocycles. The molecule has 118 valence electrons. The first-order valence-electron chi connectivity index (χ1n) is 6.10. The number of nitrogens with one attached hydrogen (secondary N) is 2. The Morgan fingerprint density at radius 2 is 2.24 bits per heavy atom. The molecule has 0 spiro atoms. The van der Waals surface area contributed by atoms with Crippen molar-refractivity contribution in [2.45, 2.75) is 12.3 Å². The highest BCUT2D eigenvalue weighted by molar-refractivity contribution is 5.92. The molecule has 1 aromatic heterocycles. The van der Waals surface area contributed by atoms with Crippen molar-refractivity contribution in [2.24, 2.45) is 0 Å². The van der Waals surface area contributed by atoms with Crippen LogP contribution in [0.1, 0.15) is 16.1 Å². The third-order valence-corrected chi connectivity index (χ3v) is 2.82. The molecule has 5 nitrogen and oxygen atoms in total. The number of aromatic nitrogens is 1. The van der Waals surface area contributed by atoms with Gasteiger partial charge in [0, 0.05) is 25.8 Å². The molecule has 21 heavy (non-hydrogen) atoms. The van der Waals surface area contributed by atoms with Gasteiger partial charge in [0.15, 0.2) is 0 Å². The second-order valence-corrected chi connectivity index (χ2v) is 4.34. The van der Waals surface area contributed by atoms with Crippen LogP contribution in [0.15, 0.2) is 18.3 Å². The molecule has 1 atom stereocenters. The van der Waals surface area contributed by atoms with Gasteiger partial charge in [-0.3, -0.25) is 9.78 Å². The summed E-state index contributed by atoms with van der Waals surface area (Å²) in [6, 6.07) is 1.89. The predicted octanol–water partition coefficient (Wildman–Crippen LogP) is 1.24. The van der Waals surface area contributed by atoms with E-state index in [1.165, 1.54) is 0 Å². The molecule has 1 aliphatic heterocycles. The molecule has 9 heteroatoms. The number of ether oxygens (including phenoxy) is 1. The Balaban J connectivity index is 0.00000220. The van der Waals surface area contributed by atoms with E-state index in [1.807, 2.05) is 0 Å². The summed E-state index contributed by atoms with van der Waals surface area (Å²) < 4.78 is 42.4. The number of hydrogen-bond acceptors (Lipinski definition) is 4. The van der Waals surface area contributed by atoms with Gasteiger partial charge in [0.05, 0.1) is 18.3 Å². The van der Waals surface area contributed by atoms with E-state index in [4.69, 9.17) is 4.74 Å². The number of alkyl halides is 3. The lowest BCUT2D eigenvalue weighted by Gasteiger charge is -2.23. The van der Waals surface area contributed by atoms with E-state index in [0.717, 1.165) is 18.7 Å². The monoisotopic (exact) mass is 325 g/mol.